The van der Waals surface area contributed by atoms with Crippen molar-refractivity contribution in [2.24, 2.45) is 5.92 Å². The molecule has 0 aliphatic carbocycles. The van der Waals surface area contributed by atoms with Crippen LogP contribution in [-0.4, -0.2) is 48.9 Å². The number of nitrogens with zero attached hydrogens (tertiary/aromatic N) is 1. The van der Waals surface area contributed by atoms with E-state index in [1.165, 1.54) is 4.90 Å². The van der Waals surface area contributed by atoms with Crippen LogP contribution in [0.1, 0.15) is 19.4 Å². The molecule has 3 amide bonds. The predicted molar refractivity (Wildman–Crippen MR) is 124 cm³/mol. The number of halogens is 1. The highest BCUT2D eigenvalue weighted by Gasteiger charge is 2.28. The average Bonchev–Trinajstić information content (AvgIpc) is 2.72. The van der Waals surface area contributed by atoms with E-state index in [4.69, 9.17) is 4.74 Å². The van der Waals surface area contributed by atoms with Crippen LogP contribution in [0.2, 0.25) is 0 Å². The third kappa shape index (κ3) is 7.71. The maximum Gasteiger partial charge on any atom is 0.258 e. The van der Waals surface area contributed by atoms with Gasteiger partial charge in [0.15, 0.2) is 6.61 Å². The molecule has 166 valence electrons. The fourth-order valence-corrected chi connectivity index (χ4v) is 3.36. The van der Waals surface area contributed by atoms with E-state index in [0.29, 0.717) is 11.4 Å². The number of ether oxygens (including phenoxy) is 1. The lowest BCUT2D eigenvalue weighted by atomic mass is 10.0. The Morgan fingerprint density at radius 2 is 1.74 bits per heavy atom. The van der Waals surface area contributed by atoms with Crippen molar-refractivity contribution in [1.29, 1.82) is 0 Å². The lowest BCUT2D eigenvalue weighted by Gasteiger charge is -2.27. The second-order valence-electron chi connectivity index (χ2n) is 7.59. The van der Waals surface area contributed by atoms with Crippen molar-refractivity contribution in [3.63, 3.8) is 0 Å². The van der Waals surface area contributed by atoms with Gasteiger partial charge in [-0.3, -0.25) is 14.4 Å². The maximum absolute atomic E-state index is 12.9. The standard InChI is InChI=1S/C23H28BrN3O4/c1-15(2)22(26-21(29)14-31-18-8-6-5-7-9-18)23(30)27(4)13-20(28)25-19-11-10-17(24)12-16(19)3/h5-12,15,22H,13-14H2,1-4H3,(H,25,28)(H,26,29)/t22-/m0/s1. The van der Waals surface area contributed by atoms with E-state index in [9.17, 15) is 14.4 Å². The van der Waals surface area contributed by atoms with Crippen molar-refractivity contribution < 1.29 is 19.1 Å². The molecule has 2 N–H and O–H groups in total. The van der Waals surface area contributed by atoms with Crippen LogP contribution in [0.3, 0.4) is 0 Å². The molecular formula is C23H28BrN3O4. The summed E-state index contributed by atoms with van der Waals surface area (Å²) in [7, 11) is 1.54. The second kappa shape index (κ2) is 11.5. The molecule has 0 bridgehead atoms. The molecule has 0 aliphatic heterocycles. The molecule has 0 aliphatic rings. The normalized spacial score (nSPS) is 11.5. The molecular weight excluding hydrogens is 462 g/mol. The van der Waals surface area contributed by atoms with Crippen molar-refractivity contribution in [2.45, 2.75) is 26.8 Å². The zero-order chi connectivity index (χ0) is 23.0. The average molecular weight is 490 g/mol. The topological polar surface area (TPSA) is 87.7 Å². The summed E-state index contributed by atoms with van der Waals surface area (Å²) in [5.74, 6) is -0.651. The smallest absolute Gasteiger partial charge is 0.258 e. The molecule has 2 aromatic rings. The van der Waals surface area contributed by atoms with Crippen LogP contribution in [0.25, 0.3) is 0 Å². The van der Waals surface area contributed by atoms with Crippen LogP contribution in [-0.2, 0) is 14.4 Å². The number of carbonyl (C=O) groups is 3. The van der Waals surface area contributed by atoms with E-state index in [1.54, 1.807) is 25.2 Å². The van der Waals surface area contributed by atoms with Crippen molar-refractivity contribution in [3.05, 3.63) is 58.6 Å². The Hall–Kier alpha value is -2.87. The first-order chi connectivity index (χ1) is 14.7. The Morgan fingerprint density at radius 1 is 1.06 bits per heavy atom. The number of likely N-dealkylation sites (N-methyl/N-ethyl adjacent to an activating group) is 1. The van der Waals surface area contributed by atoms with E-state index in [0.717, 1.165) is 10.0 Å². The Bertz CT molecular complexity index is 918. The van der Waals surface area contributed by atoms with E-state index in [1.807, 2.05) is 51.1 Å². The monoisotopic (exact) mass is 489 g/mol. The molecule has 0 radical (unpaired) electrons. The van der Waals surface area contributed by atoms with E-state index < -0.39 is 11.9 Å². The van der Waals surface area contributed by atoms with Gasteiger partial charge in [0.1, 0.15) is 11.8 Å². The van der Waals surface area contributed by atoms with Gasteiger partial charge in [-0.1, -0.05) is 48.0 Å². The number of hydrogen-bond donors (Lipinski definition) is 2. The SMILES string of the molecule is Cc1cc(Br)ccc1NC(=O)CN(C)C(=O)[C@@H](NC(=O)COc1ccccc1)C(C)C. The highest BCUT2D eigenvalue weighted by atomic mass is 79.9. The van der Waals surface area contributed by atoms with E-state index in [-0.39, 0.29) is 30.9 Å². The second-order valence-corrected chi connectivity index (χ2v) is 8.51. The lowest BCUT2D eigenvalue weighted by Crippen LogP contribution is -2.52. The quantitative estimate of drug-likeness (QED) is 0.565. The number of carbonyl (C=O) groups excluding carboxylic acids is 3. The van der Waals surface area contributed by atoms with Gasteiger partial charge in [-0.05, 0) is 48.7 Å². The zero-order valence-electron chi connectivity index (χ0n) is 18.1. The molecule has 7 nitrogen and oxygen atoms in total. The summed E-state index contributed by atoms with van der Waals surface area (Å²) >= 11 is 3.39. The molecule has 0 saturated heterocycles. The minimum atomic E-state index is -0.765. The summed E-state index contributed by atoms with van der Waals surface area (Å²) < 4.78 is 6.35. The predicted octanol–water partition coefficient (Wildman–Crippen LogP) is 3.37. The molecule has 0 saturated carbocycles. The summed E-state index contributed by atoms with van der Waals surface area (Å²) in [5.41, 5.74) is 1.59. The van der Waals surface area contributed by atoms with Crippen LogP contribution >= 0.6 is 15.9 Å². The molecule has 1 atom stereocenters. The van der Waals surface area contributed by atoms with Crippen LogP contribution in [0.4, 0.5) is 5.69 Å². The van der Waals surface area contributed by atoms with Crippen molar-refractivity contribution in [3.8, 4) is 5.75 Å². The first-order valence-electron chi connectivity index (χ1n) is 9.95. The Balaban J connectivity index is 1.91. The van der Waals surface area contributed by atoms with Gasteiger partial charge in [-0.15, -0.1) is 0 Å². The van der Waals surface area contributed by atoms with Gasteiger partial charge in [0.25, 0.3) is 5.91 Å². The fourth-order valence-electron chi connectivity index (χ4n) is 2.88. The Kier molecular flexibility index (Phi) is 9.05. The highest BCUT2D eigenvalue weighted by molar-refractivity contribution is 9.10. The summed E-state index contributed by atoms with van der Waals surface area (Å²) in [5, 5.41) is 5.52. The molecule has 0 spiro atoms. The van der Waals surface area contributed by atoms with Crippen LogP contribution in [0.15, 0.2) is 53.0 Å². The molecule has 2 aromatic carbocycles. The lowest BCUT2D eigenvalue weighted by molar-refractivity contribution is -0.138. The van der Waals surface area contributed by atoms with Gasteiger partial charge in [-0.2, -0.15) is 0 Å². The molecule has 0 fully saturated rings. The van der Waals surface area contributed by atoms with Crippen LogP contribution in [0, 0.1) is 12.8 Å². The third-order valence-corrected chi connectivity index (χ3v) is 5.08. The maximum atomic E-state index is 12.9. The van der Waals surface area contributed by atoms with Crippen molar-refractivity contribution >= 4 is 39.3 Å². The van der Waals surface area contributed by atoms with Gasteiger partial charge < -0.3 is 20.3 Å². The molecule has 0 aromatic heterocycles. The zero-order valence-corrected chi connectivity index (χ0v) is 19.7. The summed E-state index contributed by atoms with van der Waals surface area (Å²) in [6.45, 7) is 5.22. The van der Waals surface area contributed by atoms with Crippen LogP contribution in [0.5, 0.6) is 5.75 Å². The molecule has 0 unspecified atom stereocenters. The molecule has 31 heavy (non-hydrogen) atoms. The van der Waals surface area contributed by atoms with E-state index >= 15 is 0 Å². The summed E-state index contributed by atoms with van der Waals surface area (Å²) in [6, 6.07) is 13.7. The fraction of sp³-hybridized carbons (Fsp3) is 0.348. The third-order valence-electron chi connectivity index (χ3n) is 4.58. The number of benzene rings is 2. The number of rotatable bonds is 9. The summed E-state index contributed by atoms with van der Waals surface area (Å²) in [4.78, 5) is 38.9. The first kappa shape index (κ1) is 24.4. The van der Waals surface area contributed by atoms with Crippen LogP contribution < -0.4 is 15.4 Å². The van der Waals surface area contributed by atoms with Crippen molar-refractivity contribution in [2.75, 3.05) is 25.5 Å². The number of anilines is 1. The van der Waals surface area contributed by atoms with Gasteiger partial charge >= 0.3 is 0 Å². The minimum absolute atomic E-state index is 0.131. The Labute approximate surface area is 191 Å². The van der Waals surface area contributed by atoms with Gasteiger partial charge in [0.2, 0.25) is 11.8 Å². The minimum Gasteiger partial charge on any atom is -0.484 e. The Morgan fingerprint density at radius 3 is 2.35 bits per heavy atom. The van der Waals surface area contributed by atoms with E-state index in [2.05, 4.69) is 26.6 Å². The molecule has 2 rings (SSSR count). The largest absolute Gasteiger partial charge is 0.484 e. The number of hydrogen-bond acceptors (Lipinski definition) is 4. The van der Waals surface area contributed by atoms with Gasteiger partial charge in [-0.25, -0.2) is 0 Å². The van der Waals surface area contributed by atoms with Crippen molar-refractivity contribution in [1.82, 2.24) is 10.2 Å². The molecule has 8 heteroatoms. The summed E-state index contributed by atoms with van der Waals surface area (Å²) in [6.07, 6.45) is 0. The number of nitrogens with one attached hydrogen (secondary N) is 2. The number of para-hydroxylation sites is 1. The van der Waals surface area contributed by atoms with Gasteiger partial charge in [0, 0.05) is 17.2 Å². The highest BCUT2D eigenvalue weighted by Crippen LogP contribution is 2.20. The number of amides is 3. The van der Waals surface area contributed by atoms with Gasteiger partial charge in [0.05, 0.1) is 6.54 Å². The first-order valence-corrected chi connectivity index (χ1v) is 10.7. The number of aryl methyl sites for hydroxylation is 1. The molecule has 0 heterocycles.